The Morgan fingerprint density at radius 3 is 2.84 bits per heavy atom. The average Bonchev–Trinajstić information content (AvgIpc) is 3.46. The number of carbonyl (C=O) groups excluding carboxylic acids is 1. The smallest absolute Gasteiger partial charge is 0.263 e. The molecule has 0 radical (unpaired) electrons. The van der Waals surface area contributed by atoms with E-state index in [1.54, 1.807) is 17.5 Å². The van der Waals surface area contributed by atoms with Crippen molar-refractivity contribution in [3.63, 3.8) is 0 Å². The van der Waals surface area contributed by atoms with E-state index in [2.05, 4.69) is 15.3 Å². The number of hydrogen-bond donors (Lipinski definition) is 1. The lowest BCUT2D eigenvalue weighted by Gasteiger charge is -2.09. The van der Waals surface area contributed by atoms with Crippen molar-refractivity contribution >= 4 is 49.7 Å². The summed E-state index contributed by atoms with van der Waals surface area (Å²) >= 11 is 3.02. The Morgan fingerprint density at radius 1 is 1.06 bits per heavy atom. The van der Waals surface area contributed by atoms with Gasteiger partial charge in [-0.1, -0.05) is 30.3 Å². The molecule has 5 aromatic rings. The van der Waals surface area contributed by atoms with Gasteiger partial charge in [0.2, 0.25) is 5.91 Å². The third-order valence-electron chi connectivity index (χ3n) is 5.09. The molecule has 0 aliphatic heterocycles. The summed E-state index contributed by atoms with van der Waals surface area (Å²) < 4.78 is 1.38. The molecule has 6 nitrogen and oxygen atoms in total. The van der Waals surface area contributed by atoms with Crippen LogP contribution in [0.15, 0.2) is 70.5 Å². The Labute approximate surface area is 185 Å². The minimum atomic E-state index is -0.218. The van der Waals surface area contributed by atoms with Gasteiger partial charge in [0.25, 0.3) is 5.56 Å². The number of hydrogen-bond acceptors (Lipinski definition) is 6. The van der Waals surface area contributed by atoms with Crippen molar-refractivity contribution in [1.82, 2.24) is 19.9 Å². The maximum Gasteiger partial charge on any atom is 0.263 e. The van der Waals surface area contributed by atoms with Crippen molar-refractivity contribution in [2.24, 2.45) is 0 Å². The van der Waals surface area contributed by atoms with Crippen LogP contribution < -0.4 is 10.9 Å². The molecule has 0 spiro atoms. The van der Waals surface area contributed by atoms with Gasteiger partial charge in [0, 0.05) is 33.9 Å². The molecule has 154 valence electrons. The number of para-hydroxylation sites is 1. The molecule has 0 atom stereocenters. The van der Waals surface area contributed by atoms with Crippen LogP contribution >= 0.6 is 22.7 Å². The summed E-state index contributed by atoms with van der Waals surface area (Å²) in [5.74, 6) is -0.218. The minimum absolute atomic E-state index is 0.0602. The van der Waals surface area contributed by atoms with Crippen molar-refractivity contribution in [3.05, 3.63) is 81.7 Å². The second kappa shape index (κ2) is 8.41. The number of carbonyl (C=O) groups is 1. The third-order valence-corrected chi connectivity index (χ3v) is 6.88. The molecule has 0 fully saturated rings. The van der Waals surface area contributed by atoms with E-state index >= 15 is 0 Å². The van der Waals surface area contributed by atoms with Crippen molar-refractivity contribution in [3.8, 4) is 10.4 Å². The Morgan fingerprint density at radius 2 is 1.97 bits per heavy atom. The predicted molar refractivity (Wildman–Crippen MR) is 126 cm³/mol. The van der Waals surface area contributed by atoms with Gasteiger partial charge in [0.05, 0.1) is 17.2 Å². The number of fused-ring (bicyclic) bond motifs is 2. The number of rotatable bonds is 6. The number of amides is 1. The second-order valence-corrected chi connectivity index (χ2v) is 8.88. The van der Waals surface area contributed by atoms with Gasteiger partial charge in [-0.2, -0.15) is 0 Å². The summed E-state index contributed by atoms with van der Waals surface area (Å²) in [6.45, 7) is 0.410. The highest BCUT2D eigenvalue weighted by atomic mass is 32.1. The van der Waals surface area contributed by atoms with Gasteiger partial charge < -0.3 is 5.32 Å². The molecule has 1 N–H and O–H groups in total. The fraction of sp³-hybridized carbons (Fsp3) is 0.130. The maximum atomic E-state index is 13.0. The van der Waals surface area contributed by atoms with Crippen molar-refractivity contribution in [1.29, 1.82) is 0 Å². The molecule has 0 aliphatic carbocycles. The van der Waals surface area contributed by atoms with Gasteiger partial charge in [-0.3, -0.25) is 19.1 Å². The molecular weight excluding hydrogens is 428 g/mol. The maximum absolute atomic E-state index is 13.0. The second-order valence-electron chi connectivity index (χ2n) is 7.08. The van der Waals surface area contributed by atoms with Crippen LogP contribution in [-0.2, 0) is 17.8 Å². The molecule has 8 heteroatoms. The molecule has 0 saturated heterocycles. The van der Waals surface area contributed by atoms with Gasteiger partial charge in [-0.15, -0.1) is 22.7 Å². The molecule has 31 heavy (non-hydrogen) atoms. The number of nitrogens with zero attached hydrogens (tertiary/aromatic N) is 3. The van der Waals surface area contributed by atoms with Crippen molar-refractivity contribution in [2.45, 2.75) is 13.0 Å². The Bertz CT molecular complexity index is 1430. The Balaban J connectivity index is 1.30. The molecule has 1 aromatic carbocycles. The molecule has 0 unspecified atom stereocenters. The van der Waals surface area contributed by atoms with Crippen LogP contribution in [-0.4, -0.2) is 27.0 Å². The lowest BCUT2D eigenvalue weighted by molar-refractivity contribution is -0.121. The van der Waals surface area contributed by atoms with Crippen LogP contribution in [0.4, 0.5) is 0 Å². The standard InChI is InChI=1S/C23H18N4O2S2/c28-19(24-10-8-16-5-1-4-15-6-2-9-25-21(15)16)12-27-14-26-22-20(23(27)29)17(13-31-22)18-7-3-11-30-18/h1-7,9,11,13-14H,8,10,12H2,(H,24,28). The van der Waals surface area contributed by atoms with Crippen LogP contribution in [0.1, 0.15) is 5.56 Å². The summed E-state index contributed by atoms with van der Waals surface area (Å²) in [5.41, 5.74) is 2.72. The lowest BCUT2D eigenvalue weighted by Crippen LogP contribution is -2.33. The van der Waals surface area contributed by atoms with Crippen LogP contribution in [0.5, 0.6) is 0 Å². The van der Waals surface area contributed by atoms with E-state index in [9.17, 15) is 9.59 Å². The highest BCUT2D eigenvalue weighted by molar-refractivity contribution is 7.18. The van der Waals surface area contributed by atoms with Crippen LogP contribution in [0.3, 0.4) is 0 Å². The summed E-state index contributed by atoms with van der Waals surface area (Å²) in [7, 11) is 0. The zero-order chi connectivity index (χ0) is 21.2. The average molecular weight is 447 g/mol. The van der Waals surface area contributed by atoms with Gasteiger partial charge in [0.1, 0.15) is 11.4 Å². The number of aromatic nitrogens is 3. The van der Waals surface area contributed by atoms with Crippen molar-refractivity contribution < 1.29 is 4.79 Å². The molecule has 4 aromatic heterocycles. The normalized spacial score (nSPS) is 11.2. The highest BCUT2D eigenvalue weighted by Gasteiger charge is 2.15. The van der Waals surface area contributed by atoms with Gasteiger partial charge in [-0.25, -0.2) is 4.98 Å². The number of thiophene rings is 2. The lowest BCUT2D eigenvalue weighted by atomic mass is 10.1. The topological polar surface area (TPSA) is 76.9 Å². The summed E-state index contributed by atoms with van der Waals surface area (Å²) in [5, 5.41) is 8.49. The number of benzene rings is 1. The fourth-order valence-electron chi connectivity index (χ4n) is 3.61. The van der Waals surface area contributed by atoms with Crippen LogP contribution in [0.25, 0.3) is 31.6 Å². The first-order valence-electron chi connectivity index (χ1n) is 9.80. The monoisotopic (exact) mass is 446 g/mol. The third kappa shape index (κ3) is 3.87. The van der Waals surface area contributed by atoms with E-state index in [1.165, 1.54) is 22.2 Å². The van der Waals surface area contributed by atoms with E-state index in [0.717, 1.165) is 26.9 Å². The van der Waals surface area contributed by atoms with Gasteiger partial charge in [-0.05, 0) is 29.5 Å². The summed E-state index contributed by atoms with van der Waals surface area (Å²) in [4.78, 5) is 36.1. The van der Waals surface area contributed by atoms with E-state index in [4.69, 9.17) is 0 Å². The minimum Gasteiger partial charge on any atom is -0.354 e. The van der Waals surface area contributed by atoms with Crippen LogP contribution in [0.2, 0.25) is 0 Å². The first-order valence-corrected chi connectivity index (χ1v) is 11.6. The van der Waals surface area contributed by atoms with E-state index in [-0.39, 0.29) is 18.0 Å². The van der Waals surface area contributed by atoms with Gasteiger partial charge in [0.15, 0.2) is 0 Å². The molecule has 0 aliphatic rings. The fourth-order valence-corrected chi connectivity index (χ4v) is 5.33. The highest BCUT2D eigenvalue weighted by Crippen LogP contribution is 2.33. The Hall–Kier alpha value is -3.36. The van der Waals surface area contributed by atoms with E-state index in [1.807, 2.05) is 53.2 Å². The SMILES string of the molecule is O=C(Cn1cnc2scc(-c3cccs3)c2c1=O)NCCc1cccc2cccnc12. The van der Waals surface area contributed by atoms with Gasteiger partial charge >= 0.3 is 0 Å². The Kier molecular flexibility index (Phi) is 5.31. The van der Waals surface area contributed by atoms with Crippen LogP contribution in [0, 0.1) is 0 Å². The molecule has 0 saturated carbocycles. The molecule has 1 amide bonds. The molecule has 4 heterocycles. The quantitative estimate of drug-likeness (QED) is 0.426. The molecular formula is C23H18N4O2S2. The predicted octanol–water partition coefficient (Wildman–Crippen LogP) is 4.09. The molecule has 5 rings (SSSR count). The first-order chi connectivity index (χ1) is 15.2. The zero-order valence-corrected chi connectivity index (χ0v) is 18.1. The van der Waals surface area contributed by atoms with Crippen molar-refractivity contribution in [2.75, 3.05) is 6.54 Å². The molecule has 0 bridgehead atoms. The summed E-state index contributed by atoms with van der Waals surface area (Å²) in [6, 6.07) is 13.9. The van der Waals surface area contributed by atoms with E-state index in [0.29, 0.717) is 23.2 Å². The summed E-state index contributed by atoms with van der Waals surface area (Å²) in [6.07, 6.45) is 3.89. The van der Waals surface area contributed by atoms with E-state index < -0.39 is 0 Å². The largest absolute Gasteiger partial charge is 0.354 e. The number of pyridine rings is 1. The zero-order valence-electron chi connectivity index (χ0n) is 16.4. The first kappa shape index (κ1) is 19.6. The number of nitrogens with one attached hydrogen (secondary N) is 1.